The van der Waals surface area contributed by atoms with Gasteiger partial charge < -0.3 is 5.11 Å². The van der Waals surface area contributed by atoms with Crippen molar-refractivity contribution in [3.63, 3.8) is 0 Å². The fourth-order valence-electron chi connectivity index (χ4n) is 5.83. The Morgan fingerprint density at radius 2 is 1.46 bits per heavy atom. The lowest BCUT2D eigenvalue weighted by atomic mass is 9.68. The van der Waals surface area contributed by atoms with Gasteiger partial charge in [0.15, 0.2) is 5.78 Å². The lowest BCUT2D eigenvalue weighted by molar-refractivity contribution is 0.0985. The van der Waals surface area contributed by atoms with Crippen LogP contribution in [0.2, 0.25) is 0 Å². The van der Waals surface area contributed by atoms with Gasteiger partial charge in [-0.1, -0.05) is 58.4 Å². The minimum atomic E-state index is 0.0195. The second kappa shape index (κ2) is 10.5. The Labute approximate surface area is 172 Å². The lowest BCUT2D eigenvalue weighted by Gasteiger charge is -2.38. The molecule has 2 aliphatic carbocycles. The number of phenolic OH excluding ortho intramolecular Hbond substituents is 1. The number of carbonyl (C=O) groups is 1. The van der Waals surface area contributed by atoms with E-state index < -0.39 is 0 Å². The molecule has 28 heavy (non-hydrogen) atoms. The summed E-state index contributed by atoms with van der Waals surface area (Å²) in [5.41, 5.74) is 1.64. The standard InChI is InChI=1S/C26H40O2/c1-3-5-19-8-13-22(14-9-19)23-15-10-20(11-16-23)6-7-21-12-17-24(25(27)4-2)26(28)18-21/h12,17-20,22-23,28H,3-11,13-16H2,1-2H3. The average molecular weight is 385 g/mol. The average Bonchev–Trinajstić information content (AvgIpc) is 2.73. The molecular formula is C26H40O2. The summed E-state index contributed by atoms with van der Waals surface area (Å²) in [6.45, 7) is 4.16. The van der Waals surface area contributed by atoms with Gasteiger partial charge >= 0.3 is 0 Å². The highest BCUT2D eigenvalue weighted by atomic mass is 16.3. The highest BCUT2D eigenvalue weighted by molar-refractivity contribution is 5.98. The minimum Gasteiger partial charge on any atom is -0.507 e. The molecule has 0 aromatic heterocycles. The molecule has 2 heteroatoms. The maximum Gasteiger partial charge on any atom is 0.166 e. The van der Waals surface area contributed by atoms with E-state index in [0.717, 1.165) is 30.1 Å². The molecule has 0 amide bonds. The molecule has 1 N–H and O–H groups in total. The van der Waals surface area contributed by atoms with Crippen LogP contribution in [0.25, 0.3) is 0 Å². The highest BCUT2D eigenvalue weighted by Gasteiger charge is 2.30. The van der Waals surface area contributed by atoms with Crippen molar-refractivity contribution >= 4 is 5.78 Å². The second-order valence-electron chi connectivity index (χ2n) is 9.52. The van der Waals surface area contributed by atoms with E-state index in [9.17, 15) is 9.90 Å². The highest BCUT2D eigenvalue weighted by Crippen LogP contribution is 2.43. The Kier molecular flexibility index (Phi) is 8.00. The summed E-state index contributed by atoms with van der Waals surface area (Å²) in [6.07, 6.45) is 17.1. The fourth-order valence-corrected chi connectivity index (χ4v) is 5.83. The first-order chi connectivity index (χ1) is 13.6. The summed E-state index contributed by atoms with van der Waals surface area (Å²) in [5.74, 6) is 4.04. The predicted molar refractivity (Wildman–Crippen MR) is 117 cm³/mol. The number of aryl methyl sites for hydroxylation is 1. The van der Waals surface area contributed by atoms with Crippen LogP contribution < -0.4 is 0 Å². The van der Waals surface area contributed by atoms with E-state index >= 15 is 0 Å². The largest absolute Gasteiger partial charge is 0.507 e. The van der Waals surface area contributed by atoms with Gasteiger partial charge in [0, 0.05) is 6.42 Å². The van der Waals surface area contributed by atoms with Crippen molar-refractivity contribution in [2.75, 3.05) is 0 Å². The van der Waals surface area contributed by atoms with Crippen LogP contribution in [0, 0.1) is 23.7 Å². The van der Waals surface area contributed by atoms with Crippen molar-refractivity contribution in [1.82, 2.24) is 0 Å². The van der Waals surface area contributed by atoms with Crippen LogP contribution in [-0.4, -0.2) is 10.9 Å². The molecule has 0 unspecified atom stereocenters. The van der Waals surface area contributed by atoms with Gasteiger partial charge in [0.05, 0.1) is 5.56 Å². The van der Waals surface area contributed by atoms with E-state index in [1.165, 1.54) is 76.2 Å². The first kappa shape index (κ1) is 21.4. The molecular weight excluding hydrogens is 344 g/mol. The number of hydrogen-bond donors (Lipinski definition) is 1. The second-order valence-corrected chi connectivity index (χ2v) is 9.52. The lowest BCUT2D eigenvalue weighted by Crippen LogP contribution is -2.26. The van der Waals surface area contributed by atoms with Gasteiger partial charge in [0.2, 0.25) is 0 Å². The summed E-state index contributed by atoms with van der Waals surface area (Å²) in [4.78, 5) is 11.8. The first-order valence-electron chi connectivity index (χ1n) is 12.0. The van der Waals surface area contributed by atoms with Crippen LogP contribution in [0.5, 0.6) is 5.75 Å². The predicted octanol–water partition coefficient (Wildman–Crippen LogP) is 7.33. The van der Waals surface area contributed by atoms with Crippen molar-refractivity contribution in [3.8, 4) is 5.75 Å². The maximum absolute atomic E-state index is 11.8. The summed E-state index contributed by atoms with van der Waals surface area (Å²) < 4.78 is 0. The third kappa shape index (κ3) is 5.61. The third-order valence-corrected chi connectivity index (χ3v) is 7.67. The van der Waals surface area contributed by atoms with Gasteiger partial charge in [0.1, 0.15) is 5.75 Å². The number of benzene rings is 1. The van der Waals surface area contributed by atoms with E-state index in [0.29, 0.717) is 12.0 Å². The normalized spacial score (nSPS) is 28.2. The van der Waals surface area contributed by atoms with Gasteiger partial charge in [-0.25, -0.2) is 0 Å². The van der Waals surface area contributed by atoms with E-state index in [-0.39, 0.29) is 11.5 Å². The minimum absolute atomic E-state index is 0.0195. The number of ketones is 1. The Morgan fingerprint density at radius 1 is 0.893 bits per heavy atom. The van der Waals surface area contributed by atoms with Crippen molar-refractivity contribution in [1.29, 1.82) is 0 Å². The summed E-state index contributed by atoms with van der Waals surface area (Å²) in [5, 5.41) is 10.1. The van der Waals surface area contributed by atoms with Crippen LogP contribution in [0.3, 0.4) is 0 Å². The van der Waals surface area contributed by atoms with Crippen molar-refractivity contribution in [2.24, 2.45) is 23.7 Å². The summed E-state index contributed by atoms with van der Waals surface area (Å²) >= 11 is 0. The molecule has 2 saturated carbocycles. The van der Waals surface area contributed by atoms with Gasteiger partial charge in [-0.2, -0.15) is 0 Å². The molecule has 0 saturated heterocycles. The molecule has 0 heterocycles. The smallest absolute Gasteiger partial charge is 0.166 e. The van der Waals surface area contributed by atoms with E-state index in [4.69, 9.17) is 0 Å². The van der Waals surface area contributed by atoms with Crippen LogP contribution in [-0.2, 0) is 6.42 Å². The molecule has 0 aliphatic heterocycles. The Balaban J connectivity index is 1.40. The third-order valence-electron chi connectivity index (χ3n) is 7.67. The molecule has 3 rings (SSSR count). The van der Waals surface area contributed by atoms with Gasteiger partial charge in [-0.15, -0.1) is 0 Å². The number of rotatable bonds is 8. The number of hydrogen-bond acceptors (Lipinski definition) is 2. The summed E-state index contributed by atoms with van der Waals surface area (Å²) in [7, 11) is 0. The van der Waals surface area contributed by atoms with Gasteiger partial charge in [-0.3, -0.25) is 4.79 Å². The van der Waals surface area contributed by atoms with Crippen molar-refractivity contribution in [2.45, 2.75) is 97.3 Å². The molecule has 0 atom stereocenters. The zero-order valence-corrected chi connectivity index (χ0v) is 18.1. The molecule has 2 nitrogen and oxygen atoms in total. The molecule has 1 aromatic rings. The maximum atomic E-state index is 11.8. The topological polar surface area (TPSA) is 37.3 Å². The van der Waals surface area contributed by atoms with Gasteiger partial charge in [0.25, 0.3) is 0 Å². The number of phenols is 1. The number of aromatic hydroxyl groups is 1. The van der Waals surface area contributed by atoms with E-state index in [2.05, 4.69) is 6.92 Å². The Morgan fingerprint density at radius 3 is 1.96 bits per heavy atom. The zero-order chi connectivity index (χ0) is 19.9. The fraction of sp³-hybridized carbons (Fsp3) is 0.731. The number of Topliss-reactive ketones (excluding diaryl/α,β-unsaturated/α-hetero) is 1. The van der Waals surface area contributed by atoms with Crippen LogP contribution >= 0.6 is 0 Å². The van der Waals surface area contributed by atoms with E-state index in [1.807, 2.05) is 25.1 Å². The van der Waals surface area contributed by atoms with Crippen LogP contribution in [0.4, 0.5) is 0 Å². The molecule has 0 bridgehead atoms. The molecule has 156 valence electrons. The molecule has 1 aromatic carbocycles. The summed E-state index contributed by atoms with van der Waals surface area (Å²) in [6, 6.07) is 5.65. The monoisotopic (exact) mass is 384 g/mol. The van der Waals surface area contributed by atoms with Crippen LogP contribution in [0.1, 0.15) is 107 Å². The van der Waals surface area contributed by atoms with Crippen molar-refractivity contribution in [3.05, 3.63) is 29.3 Å². The first-order valence-corrected chi connectivity index (χ1v) is 12.0. The molecule has 0 radical (unpaired) electrons. The number of carbonyl (C=O) groups excluding carboxylic acids is 1. The Hall–Kier alpha value is -1.31. The molecule has 0 spiro atoms. The Bertz CT molecular complexity index is 619. The SMILES string of the molecule is CCCC1CCC(C2CCC(CCc3ccc(C(=O)CC)c(O)c3)CC2)CC1. The molecule has 2 fully saturated rings. The zero-order valence-electron chi connectivity index (χ0n) is 18.1. The quantitative estimate of drug-likeness (QED) is 0.476. The van der Waals surface area contributed by atoms with Crippen LogP contribution in [0.15, 0.2) is 18.2 Å². The van der Waals surface area contributed by atoms with Gasteiger partial charge in [-0.05, 0) is 79.9 Å². The van der Waals surface area contributed by atoms with Crippen molar-refractivity contribution < 1.29 is 9.90 Å². The molecule has 2 aliphatic rings. The van der Waals surface area contributed by atoms with E-state index in [1.54, 1.807) is 0 Å².